The van der Waals surface area contributed by atoms with Gasteiger partial charge in [-0.05, 0) is 34.1 Å². The summed E-state index contributed by atoms with van der Waals surface area (Å²) in [4.78, 5) is 35.6. The van der Waals surface area contributed by atoms with Crippen LogP contribution in [0.2, 0.25) is 5.02 Å². The van der Waals surface area contributed by atoms with Gasteiger partial charge in [-0.3, -0.25) is 9.69 Å². The van der Waals surface area contributed by atoms with Crippen LogP contribution in [0.1, 0.15) is 0 Å². The van der Waals surface area contributed by atoms with Gasteiger partial charge in [-0.2, -0.15) is 0 Å². The van der Waals surface area contributed by atoms with Gasteiger partial charge >= 0.3 is 12.0 Å². The normalized spacial score (nSPS) is 18.1. The van der Waals surface area contributed by atoms with Crippen molar-refractivity contribution < 1.29 is 19.5 Å². The predicted octanol–water partition coefficient (Wildman–Crippen LogP) is 1.52. The molecule has 1 aromatic carbocycles. The third-order valence-corrected chi connectivity index (χ3v) is 4.13. The summed E-state index contributed by atoms with van der Waals surface area (Å²) in [6.07, 6.45) is 0. The molecule has 1 atom stereocenters. The van der Waals surface area contributed by atoms with Gasteiger partial charge in [-0.25, -0.2) is 9.59 Å². The highest BCUT2D eigenvalue weighted by Crippen LogP contribution is 2.25. The molecule has 112 valence electrons. The first-order valence-corrected chi connectivity index (χ1v) is 7.08. The second kappa shape index (κ2) is 6.31. The lowest BCUT2D eigenvalue weighted by Gasteiger charge is -2.32. The summed E-state index contributed by atoms with van der Waals surface area (Å²) in [7, 11) is 0. The van der Waals surface area contributed by atoms with E-state index in [0.717, 1.165) is 4.90 Å². The summed E-state index contributed by atoms with van der Waals surface area (Å²) in [6.45, 7) is -0.435. The Hall–Kier alpha value is -1.80. The minimum Gasteiger partial charge on any atom is -0.480 e. The van der Waals surface area contributed by atoms with Gasteiger partial charge in [0.15, 0.2) is 0 Å². The second-order valence-electron chi connectivity index (χ2n) is 4.35. The molecule has 1 saturated heterocycles. The zero-order valence-electron chi connectivity index (χ0n) is 10.6. The minimum absolute atomic E-state index is 0.122. The number of urea groups is 1. The standard InChI is InChI=1S/C12H11BrClN3O4/c13-7-2-1-6(3-8(7)14)16-12(21)17-5-10(18)15-4-9(17)11(19)20/h1-3,9H,4-5H2,(H,15,18)(H,16,21)(H,19,20). The van der Waals surface area contributed by atoms with Gasteiger partial charge in [0.05, 0.1) is 5.02 Å². The van der Waals surface area contributed by atoms with Crippen molar-refractivity contribution in [2.75, 3.05) is 18.4 Å². The van der Waals surface area contributed by atoms with Crippen LogP contribution < -0.4 is 10.6 Å². The van der Waals surface area contributed by atoms with Crippen LogP contribution in [0.15, 0.2) is 22.7 Å². The van der Waals surface area contributed by atoms with E-state index >= 15 is 0 Å². The molecule has 1 aromatic rings. The number of hydrogen-bond donors (Lipinski definition) is 3. The number of benzene rings is 1. The van der Waals surface area contributed by atoms with Gasteiger partial charge in [0, 0.05) is 16.7 Å². The molecule has 1 aliphatic rings. The summed E-state index contributed by atoms with van der Waals surface area (Å²) in [5, 5.41) is 14.4. The number of carbonyl (C=O) groups excluding carboxylic acids is 2. The average Bonchev–Trinajstić information content (AvgIpc) is 2.42. The van der Waals surface area contributed by atoms with E-state index in [2.05, 4.69) is 26.6 Å². The molecule has 0 radical (unpaired) electrons. The molecule has 0 saturated carbocycles. The number of piperazine rings is 1. The van der Waals surface area contributed by atoms with Crippen LogP contribution >= 0.6 is 27.5 Å². The maximum absolute atomic E-state index is 12.1. The summed E-state index contributed by atoms with van der Waals surface area (Å²) in [5.41, 5.74) is 0.406. The van der Waals surface area contributed by atoms with Crippen molar-refractivity contribution in [1.82, 2.24) is 10.2 Å². The third kappa shape index (κ3) is 3.64. The van der Waals surface area contributed by atoms with E-state index < -0.39 is 23.9 Å². The molecule has 3 amide bonds. The Balaban J connectivity index is 2.14. The number of amides is 3. The zero-order valence-corrected chi connectivity index (χ0v) is 12.9. The number of rotatable bonds is 2. The number of hydrogen-bond acceptors (Lipinski definition) is 3. The first-order valence-electron chi connectivity index (χ1n) is 5.90. The van der Waals surface area contributed by atoms with Gasteiger partial charge in [-0.1, -0.05) is 11.6 Å². The van der Waals surface area contributed by atoms with Crippen LogP contribution in [0, 0.1) is 0 Å². The molecule has 21 heavy (non-hydrogen) atoms. The number of carboxylic acid groups (broad SMARTS) is 1. The molecule has 1 unspecified atom stereocenters. The van der Waals surface area contributed by atoms with Crippen molar-refractivity contribution in [2.24, 2.45) is 0 Å². The fourth-order valence-corrected chi connectivity index (χ4v) is 2.27. The fourth-order valence-electron chi connectivity index (χ4n) is 1.84. The smallest absolute Gasteiger partial charge is 0.328 e. The Kier molecular flexibility index (Phi) is 4.69. The highest BCUT2D eigenvalue weighted by atomic mass is 79.9. The second-order valence-corrected chi connectivity index (χ2v) is 5.61. The van der Waals surface area contributed by atoms with Crippen LogP contribution in [0.3, 0.4) is 0 Å². The lowest BCUT2D eigenvalue weighted by atomic mass is 10.2. The summed E-state index contributed by atoms with van der Waals surface area (Å²) < 4.78 is 0.669. The topological polar surface area (TPSA) is 98.7 Å². The number of carboxylic acids is 1. The molecule has 0 aliphatic carbocycles. The molecule has 0 bridgehead atoms. The van der Waals surface area contributed by atoms with Gasteiger partial charge < -0.3 is 15.7 Å². The summed E-state index contributed by atoms with van der Waals surface area (Å²) in [6, 6.07) is 3.00. The van der Waals surface area contributed by atoms with Crippen molar-refractivity contribution in [3.63, 3.8) is 0 Å². The van der Waals surface area contributed by atoms with Crippen LogP contribution in [-0.4, -0.2) is 47.0 Å². The maximum atomic E-state index is 12.1. The molecule has 0 aromatic heterocycles. The van der Waals surface area contributed by atoms with Crippen molar-refractivity contribution >= 4 is 51.1 Å². The highest BCUT2D eigenvalue weighted by molar-refractivity contribution is 9.10. The number of aliphatic carboxylic acids is 1. The Morgan fingerprint density at radius 2 is 2.19 bits per heavy atom. The van der Waals surface area contributed by atoms with Crippen molar-refractivity contribution in [3.05, 3.63) is 27.7 Å². The monoisotopic (exact) mass is 375 g/mol. The van der Waals surface area contributed by atoms with Gasteiger partial charge in [0.2, 0.25) is 5.91 Å². The van der Waals surface area contributed by atoms with Crippen LogP contribution in [0.4, 0.5) is 10.5 Å². The summed E-state index contributed by atoms with van der Waals surface area (Å²) in [5.74, 6) is -1.59. The molecule has 2 rings (SSSR count). The number of carbonyl (C=O) groups is 3. The Morgan fingerprint density at radius 1 is 1.48 bits per heavy atom. The first kappa shape index (κ1) is 15.6. The third-order valence-electron chi connectivity index (χ3n) is 2.90. The van der Waals surface area contributed by atoms with Gasteiger partial charge in [0.25, 0.3) is 0 Å². The Labute approximate surface area is 133 Å². The van der Waals surface area contributed by atoms with E-state index in [0.29, 0.717) is 15.2 Å². The molecular weight excluding hydrogens is 366 g/mol. The predicted molar refractivity (Wildman–Crippen MR) is 79.3 cm³/mol. The van der Waals surface area contributed by atoms with Crippen molar-refractivity contribution in [2.45, 2.75) is 6.04 Å². The number of nitrogens with zero attached hydrogens (tertiary/aromatic N) is 1. The molecule has 7 nitrogen and oxygen atoms in total. The van der Waals surface area contributed by atoms with E-state index in [4.69, 9.17) is 16.7 Å². The molecule has 0 spiro atoms. The number of anilines is 1. The van der Waals surface area contributed by atoms with E-state index in [9.17, 15) is 14.4 Å². The van der Waals surface area contributed by atoms with E-state index in [1.165, 1.54) is 6.07 Å². The van der Waals surface area contributed by atoms with Crippen LogP contribution in [-0.2, 0) is 9.59 Å². The van der Waals surface area contributed by atoms with E-state index in [1.54, 1.807) is 12.1 Å². The molecule has 3 N–H and O–H groups in total. The number of halogens is 2. The largest absolute Gasteiger partial charge is 0.480 e. The lowest BCUT2D eigenvalue weighted by molar-refractivity contribution is -0.144. The quantitative estimate of drug-likeness (QED) is 0.729. The lowest BCUT2D eigenvalue weighted by Crippen LogP contribution is -2.60. The SMILES string of the molecule is O=C1CN(C(=O)Nc2ccc(Br)c(Cl)c2)C(C(=O)O)CN1. The minimum atomic E-state index is -1.18. The first-order chi connectivity index (χ1) is 9.88. The fraction of sp³-hybridized carbons (Fsp3) is 0.250. The highest BCUT2D eigenvalue weighted by Gasteiger charge is 2.35. The van der Waals surface area contributed by atoms with Gasteiger partial charge in [-0.15, -0.1) is 0 Å². The molecule has 1 aliphatic heterocycles. The Bertz CT molecular complexity index is 610. The maximum Gasteiger partial charge on any atom is 0.328 e. The average molecular weight is 377 g/mol. The molecular formula is C12H11BrClN3O4. The van der Waals surface area contributed by atoms with Gasteiger partial charge in [0.1, 0.15) is 12.6 Å². The number of nitrogens with one attached hydrogen (secondary N) is 2. The van der Waals surface area contributed by atoms with Crippen molar-refractivity contribution in [1.29, 1.82) is 0 Å². The Morgan fingerprint density at radius 3 is 2.81 bits per heavy atom. The van der Waals surface area contributed by atoms with Crippen LogP contribution in [0.5, 0.6) is 0 Å². The van der Waals surface area contributed by atoms with Crippen molar-refractivity contribution in [3.8, 4) is 0 Å². The molecule has 9 heteroatoms. The molecule has 1 heterocycles. The van der Waals surface area contributed by atoms with E-state index in [1.807, 2.05) is 0 Å². The zero-order chi connectivity index (χ0) is 15.6. The van der Waals surface area contributed by atoms with Crippen LogP contribution in [0.25, 0.3) is 0 Å². The summed E-state index contributed by atoms with van der Waals surface area (Å²) >= 11 is 9.14. The van der Waals surface area contributed by atoms with E-state index in [-0.39, 0.29) is 13.1 Å². The molecule has 1 fully saturated rings.